The molecular formula is C18H15ClN2O2. The molecule has 1 atom stereocenters. The maximum absolute atomic E-state index is 12.3. The number of hydrogen-bond acceptors (Lipinski definition) is 3. The minimum atomic E-state index is -1.16. The molecule has 0 aliphatic heterocycles. The maximum Gasteiger partial charge on any atom is 0.293 e. The predicted molar refractivity (Wildman–Crippen MR) is 89.4 cm³/mol. The number of benzene rings is 2. The van der Waals surface area contributed by atoms with Gasteiger partial charge in [-0.25, -0.2) is 0 Å². The van der Waals surface area contributed by atoms with E-state index in [1.165, 1.54) is 0 Å². The summed E-state index contributed by atoms with van der Waals surface area (Å²) in [6, 6.07) is 13.7. The predicted octanol–water partition coefficient (Wildman–Crippen LogP) is 3.77. The van der Waals surface area contributed by atoms with Gasteiger partial charge in [-0.2, -0.15) is 5.26 Å². The number of nitrogens with zero attached hydrogens (tertiary/aromatic N) is 1. The standard InChI is InChI=1S/C18H15ClN2O2/c1-11-3-4-12(2)16(9-11)21-18(23)17(22)15(10-20)13-5-7-14(19)8-6-13/h3-9,15H,1-2H3,(H,21,23)/t15-/m1/s1. The summed E-state index contributed by atoms with van der Waals surface area (Å²) in [6.45, 7) is 3.73. The van der Waals surface area contributed by atoms with Crippen LogP contribution in [-0.4, -0.2) is 11.7 Å². The number of nitrogens with one attached hydrogen (secondary N) is 1. The summed E-state index contributed by atoms with van der Waals surface area (Å²) < 4.78 is 0. The first-order chi connectivity index (χ1) is 10.9. The van der Waals surface area contributed by atoms with Crippen LogP contribution in [0.4, 0.5) is 5.69 Å². The number of halogens is 1. The number of hydrogen-bond donors (Lipinski definition) is 1. The number of carbonyl (C=O) groups is 2. The Hall–Kier alpha value is -2.64. The first-order valence-corrected chi connectivity index (χ1v) is 7.37. The van der Waals surface area contributed by atoms with E-state index in [0.717, 1.165) is 11.1 Å². The summed E-state index contributed by atoms with van der Waals surface area (Å²) in [6.07, 6.45) is 0. The third-order valence-corrected chi connectivity index (χ3v) is 3.71. The molecule has 23 heavy (non-hydrogen) atoms. The zero-order chi connectivity index (χ0) is 17.0. The molecule has 4 nitrogen and oxygen atoms in total. The molecule has 0 heterocycles. The highest BCUT2D eigenvalue weighted by Crippen LogP contribution is 2.21. The van der Waals surface area contributed by atoms with E-state index in [9.17, 15) is 14.9 Å². The van der Waals surface area contributed by atoms with Crippen molar-refractivity contribution < 1.29 is 9.59 Å². The van der Waals surface area contributed by atoms with Gasteiger partial charge >= 0.3 is 0 Å². The zero-order valence-electron chi connectivity index (χ0n) is 12.8. The summed E-state index contributed by atoms with van der Waals surface area (Å²) >= 11 is 5.79. The zero-order valence-corrected chi connectivity index (χ0v) is 13.5. The van der Waals surface area contributed by atoms with Crippen molar-refractivity contribution in [2.45, 2.75) is 19.8 Å². The normalized spacial score (nSPS) is 11.4. The molecule has 2 aromatic carbocycles. The van der Waals surface area contributed by atoms with Crippen LogP contribution in [0.15, 0.2) is 42.5 Å². The van der Waals surface area contributed by atoms with Gasteiger partial charge < -0.3 is 5.32 Å². The summed E-state index contributed by atoms with van der Waals surface area (Å²) in [7, 11) is 0. The Balaban J connectivity index is 2.21. The van der Waals surface area contributed by atoms with Crippen molar-refractivity contribution in [3.05, 3.63) is 64.2 Å². The fourth-order valence-electron chi connectivity index (χ4n) is 2.13. The summed E-state index contributed by atoms with van der Waals surface area (Å²) in [5, 5.41) is 12.3. The van der Waals surface area contributed by atoms with E-state index < -0.39 is 17.6 Å². The Morgan fingerprint density at radius 2 is 1.78 bits per heavy atom. The molecule has 5 heteroatoms. The average molecular weight is 327 g/mol. The second-order valence-electron chi connectivity index (χ2n) is 5.25. The van der Waals surface area contributed by atoms with Gasteiger partial charge in [0.2, 0.25) is 5.78 Å². The van der Waals surface area contributed by atoms with E-state index in [-0.39, 0.29) is 0 Å². The molecule has 2 rings (SSSR count). The minimum Gasteiger partial charge on any atom is -0.319 e. The molecule has 0 aromatic heterocycles. The summed E-state index contributed by atoms with van der Waals surface area (Å²) in [5.41, 5.74) is 2.82. The van der Waals surface area contributed by atoms with Gasteiger partial charge in [0.25, 0.3) is 5.91 Å². The molecule has 116 valence electrons. The molecule has 0 spiro atoms. The molecule has 2 aromatic rings. The Labute approximate surface area is 139 Å². The largest absolute Gasteiger partial charge is 0.319 e. The monoisotopic (exact) mass is 326 g/mol. The lowest BCUT2D eigenvalue weighted by Crippen LogP contribution is -2.28. The molecule has 0 saturated heterocycles. The molecule has 0 radical (unpaired) electrons. The number of carbonyl (C=O) groups excluding carboxylic acids is 2. The second kappa shape index (κ2) is 7.08. The Bertz CT molecular complexity index is 792. The van der Waals surface area contributed by atoms with Crippen LogP contribution in [0.3, 0.4) is 0 Å². The van der Waals surface area contributed by atoms with Crippen molar-refractivity contribution in [2.24, 2.45) is 0 Å². The smallest absolute Gasteiger partial charge is 0.293 e. The topological polar surface area (TPSA) is 70.0 Å². The van der Waals surface area contributed by atoms with Crippen LogP contribution in [0.5, 0.6) is 0 Å². The maximum atomic E-state index is 12.3. The number of ketones is 1. The number of amides is 1. The quantitative estimate of drug-likeness (QED) is 0.869. The van der Waals surface area contributed by atoms with E-state index in [0.29, 0.717) is 16.3 Å². The Morgan fingerprint density at radius 3 is 2.39 bits per heavy atom. The third kappa shape index (κ3) is 3.97. The number of anilines is 1. The van der Waals surface area contributed by atoms with E-state index in [1.807, 2.05) is 32.0 Å². The highest BCUT2D eigenvalue weighted by Gasteiger charge is 2.27. The van der Waals surface area contributed by atoms with Crippen LogP contribution in [0.2, 0.25) is 5.02 Å². The number of rotatable bonds is 4. The first-order valence-electron chi connectivity index (χ1n) is 7.00. The van der Waals surface area contributed by atoms with Crippen molar-refractivity contribution in [1.29, 1.82) is 5.26 Å². The first kappa shape index (κ1) is 16.7. The van der Waals surface area contributed by atoms with Gasteiger partial charge in [0, 0.05) is 10.7 Å². The van der Waals surface area contributed by atoms with Gasteiger partial charge in [0.15, 0.2) is 0 Å². The summed E-state index contributed by atoms with van der Waals surface area (Å²) in [4.78, 5) is 24.5. The lowest BCUT2D eigenvalue weighted by molar-refractivity contribution is -0.135. The van der Waals surface area contributed by atoms with Gasteiger partial charge in [-0.15, -0.1) is 0 Å². The van der Waals surface area contributed by atoms with E-state index in [4.69, 9.17) is 11.6 Å². The number of nitriles is 1. The van der Waals surface area contributed by atoms with Crippen molar-refractivity contribution in [3.8, 4) is 6.07 Å². The van der Waals surface area contributed by atoms with Crippen molar-refractivity contribution >= 4 is 29.0 Å². The fraction of sp³-hybridized carbons (Fsp3) is 0.167. The number of Topliss-reactive ketones (excluding diaryl/α,β-unsaturated/α-hetero) is 1. The Kier molecular flexibility index (Phi) is 5.15. The van der Waals surface area contributed by atoms with Gasteiger partial charge in [-0.05, 0) is 48.7 Å². The molecule has 0 saturated carbocycles. The van der Waals surface area contributed by atoms with Crippen LogP contribution >= 0.6 is 11.6 Å². The van der Waals surface area contributed by atoms with E-state index in [1.54, 1.807) is 30.3 Å². The van der Waals surface area contributed by atoms with Crippen LogP contribution in [0, 0.1) is 25.2 Å². The molecular weight excluding hydrogens is 312 g/mol. The van der Waals surface area contributed by atoms with E-state index in [2.05, 4.69) is 5.32 Å². The second-order valence-corrected chi connectivity index (χ2v) is 5.69. The highest BCUT2D eigenvalue weighted by molar-refractivity contribution is 6.43. The SMILES string of the molecule is Cc1ccc(C)c(NC(=O)C(=O)[C@H](C#N)c2ccc(Cl)cc2)c1. The average Bonchev–Trinajstić information content (AvgIpc) is 2.53. The molecule has 1 N–H and O–H groups in total. The fourth-order valence-corrected chi connectivity index (χ4v) is 2.25. The van der Waals surface area contributed by atoms with Gasteiger partial charge in [-0.1, -0.05) is 35.9 Å². The van der Waals surface area contributed by atoms with Crippen molar-refractivity contribution in [1.82, 2.24) is 0 Å². The van der Waals surface area contributed by atoms with Crippen LogP contribution in [-0.2, 0) is 9.59 Å². The lowest BCUT2D eigenvalue weighted by atomic mass is 9.95. The van der Waals surface area contributed by atoms with Gasteiger partial charge in [0.05, 0.1) is 6.07 Å². The Morgan fingerprint density at radius 1 is 1.13 bits per heavy atom. The number of aryl methyl sites for hydroxylation is 2. The molecule has 0 bridgehead atoms. The summed E-state index contributed by atoms with van der Waals surface area (Å²) in [5.74, 6) is -2.76. The highest BCUT2D eigenvalue weighted by atomic mass is 35.5. The molecule has 1 amide bonds. The minimum absolute atomic E-state index is 0.443. The third-order valence-electron chi connectivity index (χ3n) is 3.46. The van der Waals surface area contributed by atoms with Crippen LogP contribution in [0.25, 0.3) is 0 Å². The van der Waals surface area contributed by atoms with Crippen LogP contribution in [0.1, 0.15) is 22.6 Å². The lowest BCUT2D eigenvalue weighted by Gasteiger charge is -2.11. The van der Waals surface area contributed by atoms with Gasteiger partial charge in [0.1, 0.15) is 5.92 Å². The molecule has 0 unspecified atom stereocenters. The molecule has 0 aliphatic carbocycles. The molecule has 0 fully saturated rings. The van der Waals surface area contributed by atoms with Gasteiger partial charge in [-0.3, -0.25) is 9.59 Å². The van der Waals surface area contributed by atoms with Crippen molar-refractivity contribution in [2.75, 3.05) is 5.32 Å². The van der Waals surface area contributed by atoms with E-state index >= 15 is 0 Å². The molecule has 0 aliphatic rings. The van der Waals surface area contributed by atoms with Crippen LogP contribution < -0.4 is 5.32 Å². The van der Waals surface area contributed by atoms with Crippen molar-refractivity contribution in [3.63, 3.8) is 0 Å².